The highest BCUT2D eigenvalue weighted by atomic mass is 35.5. The maximum atomic E-state index is 13.9. The lowest BCUT2D eigenvalue weighted by atomic mass is 9.88. The second kappa shape index (κ2) is 14.5. The van der Waals surface area contributed by atoms with Gasteiger partial charge in [-0.25, -0.2) is 14.6 Å². The van der Waals surface area contributed by atoms with Crippen molar-refractivity contribution in [3.8, 4) is 11.5 Å². The van der Waals surface area contributed by atoms with E-state index in [1.54, 1.807) is 6.92 Å². The summed E-state index contributed by atoms with van der Waals surface area (Å²) in [5.74, 6) is -5.88. The van der Waals surface area contributed by atoms with Gasteiger partial charge in [0.25, 0.3) is 0 Å². The minimum Gasteiger partial charge on any atom is -0.504 e. The van der Waals surface area contributed by atoms with Crippen molar-refractivity contribution in [3.05, 3.63) is 49.4 Å². The molecule has 17 nitrogen and oxygen atoms in total. The number of halogens is 1. The Hall–Kier alpha value is -4.72. The number of likely N-dealkylation sites (tertiary alicyclic amines) is 1. The molecule has 0 unspecified atom stereocenters. The van der Waals surface area contributed by atoms with Crippen LogP contribution in [0.5, 0.6) is 11.5 Å². The normalized spacial score (nSPS) is 21.3. The van der Waals surface area contributed by atoms with E-state index in [2.05, 4.69) is 15.2 Å². The summed E-state index contributed by atoms with van der Waals surface area (Å²) in [6.45, 7) is 8.01. The summed E-state index contributed by atoms with van der Waals surface area (Å²) in [6.07, 6.45) is 1.24. The molecular weight excluding hydrogens is 766 g/mol. The first-order valence-electron chi connectivity index (χ1n) is 17.1. The second-order valence-corrected chi connectivity index (χ2v) is 16.8. The molecule has 0 bridgehead atoms. The number of hydrogen-bond acceptors (Lipinski definition) is 14. The predicted octanol–water partition coefficient (Wildman–Crippen LogP) is 3.13. The number of aromatic hydroxyl groups is 2. The predicted molar refractivity (Wildman–Crippen MR) is 199 cm³/mol. The SMILES string of the molecule is CCn1nc(C[N+]2(CC3=C(C(=O)O)N4C(=O)[C@@H](CC(=O)/C(=N\OC(C)(C)C(=O)O)c5csc(N)n5)[C@H]4S[C@H]3C)CCCC2)c(=O)c2c(Cl)c(O)c(O)cc21. The summed E-state index contributed by atoms with van der Waals surface area (Å²) in [4.78, 5) is 76.4. The van der Waals surface area contributed by atoms with Crippen LogP contribution in [0.1, 0.15) is 58.3 Å². The number of aliphatic carboxylic acids is 2. The monoisotopic (exact) mass is 804 g/mol. The van der Waals surface area contributed by atoms with E-state index >= 15 is 0 Å². The van der Waals surface area contributed by atoms with Crippen LogP contribution in [0.3, 0.4) is 0 Å². The van der Waals surface area contributed by atoms with E-state index in [9.17, 15) is 44.4 Å². The van der Waals surface area contributed by atoms with E-state index in [1.165, 1.54) is 46.6 Å². The number of phenolic OH excluding ortho intramolecular Hbond substituents is 2. The number of fused-ring (bicyclic) bond motifs is 2. The van der Waals surface area contributed by atoms with Crippen LogP contribution in [-0.4, -0.2) is 110 Å². The molecule has 0 aliphatic carbocycles. The Morgan fingerprint density at radius 2 is 1.85 bits per heavy atom. The summed E-state index contributed by atoms with van der Waals surface area (Å²) in [7, 11) is 0. The van der Waals surface area contributed by atoms with Crippen LogP contribution in [0.2, 0.25) is 5.02 Å². The molecule has 2 saturated heterocycles. The molecule has 6 rings (SSSR count). The molecule has 0 spiro atoms. The quantitative estimate of drug-likeness (QED) is 0.0548. The molecule has 3 aliphatic rings. The summed E-state index contributed by atoms with van der Waals surface area (Å²) < 4.78 is 1.81. The number of carboxylic acid groups (broad SMARTS) is 2. The molecule has 2 fully saturated rings. The van der Waals surface area contributed by atoms with Crippen molar-refractivity contribution < 1.29 is 48.9 Å². The van der Waals surface area contributed by atoms with Gasteiger partial charge in [-0.2, -0.15) is 5.10 Å². The van der Waals surface area contributed by atoms with Gasteiger partial charge >= 0.3 is 11.9 Å². The first-order chi connectivity index (χ1) is 25.4. The average molecular weight is 805 g/mol. The number of carboxylic acids is 2. The zero-order valence-corrected chi connectivity index (χ0v) is 32.1. The average Bonchev–Trinajstić information content (AvgIpc) is 3.76. The number of hydrogen-bond donors (Lipinski definition) is 5. The van der Waals surface area contributed by atoms with Gasteiger partial charge in [-0.3, -0.25) is 24.0 Å². The summed E-state index contributed by atoms with van der Waals surface area (Å²) in [5.41, 5.74) is 3.97. The van der Waals surface area contributed by atoms with E-state index in [0.717, 1.165) is 24.2 Å². The van der Waals surface area contributed by atoms with Crippen molar-refractivity contribution in [1.29, 1.82) is 0 Å². The van der Waals surface area contributed by atoms with Gasteiger partial charge in [0, 0.05) is 48.1 Å². The van der Waals surface area contributed by atoms with E-state index in [1.807, 2.05) is 6.92 Å². The number of nitrogens with two attached hydrogens (primary N) is 1. The molecule has 6 N–H and O–H groups in total. The Balaban J connectivity index is 1.30. The van der Waals surface area contributed by atoms with Crippen LogP contribution in [-0.2, 0) is 37.1 Å². The van der Waals surface area contributed by atoms with Gasteiger partial charge < -0.3 is 35.5 Å². The van der Waals surface area contributed by atoms with E-state index < -0.39 is 62.7 Å². The van der Waals surface area contributed by atoms with Crippen LogP contribution in [0.15, 0.2) is 32.7 Å². The summed E-state index contributed by atoms with van der Waals surface area (Å²) in [6, 6.07) is 1.24. The standard InChI is InChI=1S/C34H38ClN7O10S2/c1-5-40-20-11-22(44)28(46)24(35)23(20)27(45)18(38-40)13-42(8-6-7-9-42)12-17-15(2)54-30-16(29(47)41(30)26(17)31(48)49)10-21(43)25(19-14-53-33(36)37-19)39-52-34(3,4)32(50)51/h11,14-16,30H,5-10,12-13H2,1-4H3,(H5-,36,37,38,39,43,44,45,46,48,49,50,51)/p+1/t15-,16+,30+/m0/s1. The van der Waals surface area contributed by atoms with Gasteiger partial charge in [0.15, 0.2) is 33.8 Å². The smallest absolute Gasteiger partial charge is 0.352 e. The summed E-state index contributed by atoms with van der Waals surface area (Å²) >= 11 is 8.75. The number of carbonyl (C=O) groups is 4. The van der Waals surface area contributed by atoms with Gasteiger partial charge in [-0.15, -0.1) is 23.1 Å². The minimum absolute atomic E-state index is 0.0152. The van der Waals surface area contributed by atoms with Crippen LogP contribution < -0.4 is 11.2 Å². The minimum atomic E-state index is -1.78. The Kier molecular flexibility index (Phi) is 10.5. The molecule has 288 valence electrons. The highest BCUT2D eigenvalue weighted by molar-refractivity contribution is 8.00. The van der Waals surface area contributed by atoms with Crippen LogP contribution >= 0.6 is 34.7 Å². The molecule has 2 aromatic heterocycles. The lowest BCUT2D eigenvalue weighted by molar-refractivity contribution is -0.925. The summed E-state index contributed by atoms with van der Waals surface area (Å²) in [5, 5.41) is 49.2. The molecule has 5 heterocycles. The number of oxime groups is 1. The van der Waals surface area contributed by atoms with Gasteiger partial charge in [0.05, 0.1) is 40.3 Å². The van der Waals surface area contributed by atoms with Gasteiger partial charge in [0.2, 0.25) is 16.9 Å². The number of quaternary nitrogens is 1. The van der Waals surface area contributed by atoms with E-state index in [4.69, 9.17) is 22.2 Å². The number of carbonyl (C=O) groups excluding carboxylic acids is 2. The molecule has 3 aliphatic heterocycles. The Morgan fingerprint density at radius 1 is 1.17 bits per heavy atom. The third-order valence-electron chi connectivity index (χ3n) is 10.1. The van der Waals surface area contributed by atoms with Crippen molar-refractivity contribution in [2.75, 3.05) is 25.4 Å². The van der Waals surface area contributed by atoms with Crippen molar-refractivity contribution >= 4 is 80.1 Å². The van der Waals surface area contributed by atoms with Gasteiger partial charge in [0.1, 0.15) is 24.5 Å². The van der Waals surface area contributed by atoms with Crippen LogP contribution in [0.4, 0.5) is 5.13 Å². The number of aromatic nitrogens is 3. The molecule has 3 atom stereocenters. The maximum Gasteiger partial charge on any atom is 0.352 e. The molecule has 54 heavy (non-hydrogen) atoms. The number of thiazole rings is 1. The lowest BCUT2D eigenvalue weighted by Crippen LogP contribution is -2.63. The molecule has 3 aromatic rings. The zero-order chi connectivity index (χ0) is 39.4. The molecular formula is C34H39ClN7O10S2+. The number of ketones is 1. The van der Waals surface area contributed by atoms with Crippen molar-refractivity contribution in [2.45, 2.75) is 76.3 Å². The Bertz CT molecular complexity index is 2210. The molecule has 0 radical (unpaired) electrons. The number of rotatable bonds is 13. The number of β-lactam (4-membered cyclic amide) rings is 1. The number of nitrogen functional groups attached to an aromatic ring is 1. The van der Waals surface area contributed by atoms with Crippen molar-refractivity contribution in [3.63, 3.8) is 0 Å². The second-order valence-electron chi connectivity index (χ2n) is 14.1. The lowest BCUT2D eigenvalue weighted by Gasteiger charge is -2.51. The fourth-order valence-electron chi connectivity index (χ4n) is 7.14. The molecule has 1 aromatic carbocycles. The number of anilines is 1. The first kappa shape index (κ1) is 39.0. The van der Waals surface area contributed by atoms with Crippen molar-refractivity contribution in [2.24, 2.45) is 11.1 Å². The van der Waals surface area contributed by atoms with E-state index in [0.29, 0.717) is 25.2 Å². The van der Waals surface area contributed by atoms with Crippen LogP contribution in [0, 0.1) is 5.92 Å². The van der Waals surface area contributed by atoms with Gasteiger partial charge in [-0.05, 0) is 27.7 Å². The molecule has 0 saturated carbocycles. The topological polar surface area (TPSA) is 248 Å². The third kappa shape index (κ3) is 6.88. The number of amides is 1. The number of thioether (sulfide) groups is 1. The van der Waals surface area contributed by atoms with Crippen LogP contribution in [0.25, 0.3) is 10.9 Å². The van der Waals surface area contributed by atoms with Gasteiger partial charge in [-0.1, -0.05) is 16.8 Å². The molecule has 1 amide bonds. The Morgan fingerprint density at radius 3 is 2.44 bits per heavy atom. The number of benzene rings is 1. The van der Waals surface area contributed by atoms with E-state index in [-0.39, 0.29) is 67.8 Å². The number of phenols is 2. The third-order valence-corrected chi connectivity index (χ3v) is 12.6. The highest BCUT2D eigenvalue weighted by Crippen LogP contribution is 2.49. The Labute approximate surface area is 321 Å². The fourth-order valence-corrected chi connectivity index (χ4v) is 9.47. The number of nitrogens with zero attached hydrogens (tertiary/aromatic N) is 6. The largest absolute Gasteiger partial charge is 0.504 e. The van der Waals surface area contributed by atoms with Crippen molar-refractivity contribution in [1.82, 2.24) is 19.7 Å². The number of aryl methyl sites for hydroxylation is 1. The zero-order valence-electron chi connectivity index (χ0n) is 29.7. The first-order valence-corrected chi connectivity index (χ1v) is 19.3. The maximum absolute atomic E-state index is 13.9. The fraction of sp³-hybridized carbons (Fsp3) is 0.471. The highest BCUT2D eigenvalue weighted by Gasteiger charge is 2.56. The molecule has 20 heteroatoms. The number of Topliss-reactive ketones (excluding diaryl/α,β-unsaturated/α-hetero) is 1.